The van der Waals surface area contributed by atoms with Crippen LogP contribution in [0.25, 0.3) is 36.5 Å². The molecule has 0 aliphatic carbocycles. The summed E-state index contributed by atoms with van der Waals surface area (Å²) in [5.41, 5.74) is 7.22. The van der Waals surface area contributed by atoms with Crippen molar-refractivity contribution in [3.05, 3.63) is 130 Å². The number of rotatable bonds is 31. The molecule has 0 spiro atoms. The highest BCUT2D eigenvalue weighted by Crippen LogP contribution is 2.33. The van der Waals surface area contributed by atoms with Gasteiger partial charge in [-0.05, 0) is 47.2 Å². The summed E-state index contributed by atoms with van der Waals surface area (Å²) in [5, 5.41) is 0. The topological polar surface area (TPSA) is 35.5 Å². The molecule has 3 heteroatoms. The van der Waals surface area contributed by atoms with E-state index in [1.54, 1.807) is 0 Å². The zero-order valence-electron chi connectivity index (χ0n) is 36.0. The second-order valence-corrected chi connectivity index (χ2v) is 15.9. The largest absolute Gasteiger partial charge is 0.493 e. The van der Waals surface area contributed by atoms with Crippen molar-refractivity contribution in [3.63, 3.8) is 0 Å². The van der Waals surface area contributed by atoms with Gasteiger partial charge in [0.2, 0.25) is 0 Å². The van der Waals surface area contributed by atoms with Crippen molar-refractivity contribution in [1.82, 2.24) is 0 Å². The van der Waals surface area contributed by atoms with Crippen LogP contribution < -0.4 is 9.47 Å². The normalized spacial score (nSPS) is 11.6. The van der Waals surface area contributed by atoms with Crippen LogP contribution in [0.5, 0.6) is 11.5 Å². The highest BCUT2D eigenvalue weighted by molar-refractivity contribution is 5.80. The van der Waals surface area contributed by atoms with E-state index in [0.717, 1.165) is 52.9 Å². The second-order valence-electron chi connectivity index (χ2n) is 15.9. The first-order valence-corrected chi connectivity index (χ1v) is 22.9. The third kappa shape index (κ3) is 19.2. The standard InChI is InChI=1S/C55H72O3/c1-3-5-7-9-11-13-15-17-19-24-42-57-54-45-53(41-39-50-34-36-51(46-56)37-35-50)55(58-43-25-20-18-16-14-12-10-8-6-4-2)44-52(54)40-38-49-32-30-48(31-33-49)29-28-47-26-22-21-23-27-47/h21-23,26-41,44-46H,3-20,24-25,42-43H2,1-2H3/b29-28+,40-38+,41-39+. The van der Waals surface area contributed by atoms with Crippen molar-refractivity contribution in [2.45, 2.75) is 142 Å². The number of benzene rings is 4. The van der Waals surface area contributed by atoms with Gasteiger partial charge in [-0.25, -0.2) is 0 Å². The first-order valence-electron chi connectivity index (χ1n) is 22.9. The number of carbonyl (C=O) groups is 1. The highest BCUT2D eigenvalue weighted by atomic mass is 16.5. The van der Waals surface area contributed by atoms with Gasteiger partial charge in [-0.1, -0.05) is 245 Å². The van der Waals surface area contributed by atoms with Crippen LogP contribution in [0.2, 0.25) is 0 Å². The molecule has 0 radical (unpaired) electrons. The molecule has 3 nitrogen and oxygen atoms in total. The Bertz CT molecular complexity index is 1750. The molecule has 0 heterocycles. The molecule has 0 aliphatic heterocycles. The summed E-state index contributed by atoms with van der Waals surface area (Å²) in [6, 6.07) is 31.1. The molecule has 0 N–H and O–H groups in total. The van der Waals surface area contributed by atoms with E-state index in [1.807, 2.05) is 30.3 Å². The van der Waals surface area contributed by atoms with Crippen LogP contribution in [0.4, 0.5) is 0 Å². The molecule has 0 saturated heterocycles. The fourth-order valence-corrected chi connectivity index (χ4v) is 7.18. The van der Waals surface area contributed by atoms with E-state index < -0.39 is 0 Å². The molecular weight excluding hydrogens is 709 g/mol. The van der Waals surface area contributed by atoms with Crippen molar-refractivity contribution in [1.29, 1.82) is 0 Å². The summed E-state index contributed by atoms with van der Waals surface area (Å²) in [7, 11) is 0. The van der Waals surface area contributed by atoms with Crippen LogP contribution in [0.1, 0.15) is 186 Å². The lowest BCUT2D eigenvalue weighted by molar-refractivity contribution is 0.112. The monoisotopic (exact) mass is 781 g/mol. The molecule has 310 valence electrons. The molecule has 4 aromatic rings. The van der Waals surface area contributed by atoms with Crippen molar-refractivity contribution >= 4 is 42.7 Å². The van der Waals surface area contributed by atoms with Gasteiger partial charge in [-0.15, -0.1) is 0 Å². The summed E-state index contributed by atoms with van der Waals surface area (Å²) in [6.07, 6.45) is 39.6. The van der Waals surface area contributed by atoms with Gasteiger partial charge in [0.1, 0.15) is 17.8 Å². The summed E-state index contributed by atoms with van der Waals surface area (Å²) in [5.74, 6) is 1.74. The van der Waals surface area contributed by atoms with Crippen LogP contribution in [0.15, 0.2) is 91.0 Å². The average Bonchev–Trinajstić information content (AvgIpc) is 3.26. The Balaban J connectivity index is 1.47. The number of hydrogen-bond donors (Lipinski definition) is 0. The first-order chi connectivity index (χ1) is 28.7. The Kier molecular flexibility index (Phi) is 23.5. The van der Waals surface area contributed by atoms with E-state index in [9.17, 15) is 4.79 Å². The fourth-order valence-electron chi connectivity index (χ4n) is 7.18. The molecular formula is C55H72O3. The van der Waals surface area contributed by atoms with Crippen LogP contribution in [0, 0.1) is 0 Å². The van der Waals surface area contributed by atoms with Crippen LogP contribution >= 0.6 is 0 Å². The number of ether oxygens (including phenoxy) is 2. The van der Waals surface area contributed by atoms with Crippen molar-refractivity contribution in [2.75, 3.05) is 13.2 Å². The Labute approximate surface area is 352 Å². The minimum atomic E-state index is 0.676. The van der Waals surface area contributed by atoms with Crippen molar-refractivity contribution < 1.29 is 14.3 Å². The molecule has 0 atom stereocenters. The number of carbonyl (C=O) groups excluding carboxylic acids is 1. The van der Waals surface area contributed by atoms with Crippen molar-refractivity contribution in [2.24, 2.45) is 0 Å². The smallest absolute Gasteiger partial charge is 0.150 e. The average molecular weight is 781 g/mol. The minimum absolute atomic E-state index is 0.676. The lowest BCUT2D eigenvalue weighted by Gasteiger charge is -2.16. The highest BCUT2D eigenvalue weighted by Gasteiger charge is 2.11. The van der Waals surface area contributed by atoms with Gasteiger partial charge in [0, 0.05) is 16.7 Å². The molecule has 0 bridgehead atoms. The maximum Gasteiger partial charge on any atom is 0.150 e. The van der Waals surface area contributed by atoms with E-state index in [-0.39, 0.29) is 0 Å². The third-order valence-corrected chi connectivity index (χ3v) is 10.8. The van der Waals surface area contributed by atoms with Gasteiger partial charge in [0.15, 0.2) is 0 Å². The van der Waals surface area contributed by atoms with Crippen LogP contribution in [0.3, 0.4) is 0 Å². The maximum atomic E-state index is 11.3. The number of hydrogen-bond acceptors (Lipinski definition) is 3. The summed E-state index contributed by atoms with van der Waals surface area (Å²) in [4.78, 5) is 11.3. The predicted octanol–water partition coefficient (Wildman–Crippen LogP) is 16.6. The molecule has 4 rings (SSSR count). The Morgan fingerprint density at radius 2 is 0.672 bits per heavy atom. The van der Waals surface area contributed by atoms with E-state index in [0.29, 0.717) is 18.8 Å². The quantitative estimate of drug-likeness (QED) is 0.0290. The molecule has 0 aliphatic rings. The number of aldehydes is 1. The fraction of sp³-hybridized carbons (Fsp3) is 0.436. The second kappa shape index (κ2) is 29.6. The van der Waals surface area contributed by atoms with Gasteiger partial charge >= 0.3 is 0 Å². The first kappa shape index (κ1) is 46.1. The maximum absolute atomic E-state index is 11.3. The van der Waals surface area contributed by atoms with E-state index in [4.69, 9.17) is 9.47 Å². The Morgan fingerprint density at radius 1 is 0.362 bits per heavy atom. The zero-order valence-corrected chi connectivity index (χ0v) is 36.0. The zero-order chi connectivity index (χ0) is 40.7. The van der Waals surface area contributed by atoms with Gasteiger partial charge in [-0.2, -0.15) is 0 Å². The van der Waals surface area contributed by atoms with Crippen LogP contribution in [-0.2, 0) is 0 Å². The van der Waals surface area contributed by atoms with Gasteiger partial charge in [-0.3, -0.25) is 4.79 Å². The summed E-state index contributed by atoms with van der Waals surface area (Å²) < 4.78 is 13.2. The SMILES string of the molecule is CCCCCCCCCCCCOc1cc(/C=C/c2ccc(/C=C/c3ccccc3)cc2)c(OCCCCCCCCCCCC)cc1/C=C/c1ccc(C=O)cc1. The van der Waals surface area contributed by atoms with Crippen LogP contribution in [-0.4, -0.2) is 19.5 Å². The molecule has 0 amide bonds. The van der Waals surface area contributed by atoms with E-state index >= 15 is 0 Å². The lowest BCUT2D eigenvalue weighted by atomic mass is 10.0. The van der Waals surface area contributed by atoms with E-state index in [2.05, 4.69) is 111 Å². The molecule has 4 aromatic carbocycles. The number of unbranched alkanes of at least 4 members (excludes halogenated alkanes) is 18. The molecule has 58 heavy (non-hydrogen) atoms. The van der Waals surface area contributed by atoms with Gasteiger partial charge in [0.25, 0.3) is 0 Å². The molecule has 0 aromatic heterocycles. The minimum Gasteiger partial charge on any atom is -0.493 e. The molecule has 0 saturated carbocycles. The van der Waals surface area contributed by atoms with Gasteiger partial charge < -0.3 is 9.47 Å². The molecule has 0 fully saturated rings. The Hall–Kier alpha value is -4.63. The Morgan fingerprint density at radius 3 is 1.03 bits per heavy atom. The predicted molar refractivity (Wildman–Crippen MR) is 253 cm³/mol. The lowest BCUT2D eigenvalue weighted by Crippen LogP contribution is -2.03. The van der Waals surface area contributed by atoms with Gasteiger partial charge in [0.05, 0.1) is 13.2 Å². The van der Waals surface area contributed by atoms with E-state index in [1.165, 1.54) is 127 Å². The molecule has 0 unspecified atom stereocenters. The summed E-state index contributed by atoms with van der Waals surface area (Å²) in [6.45, 7) is 5.93. The summed E-state index contributed by atoms with van der Waals surface area (Å²) >= 11 is 0. The third-order valence-electron chi connectivity index (χ3n) is 10.8. The van der Waals surface area contributed by atoms with Crippen molar-refractivity contribution in [3.8, 4) is 11.5 Å².